The average molecular weight is 237 g/mol. The van der Waals surface area contributed by atoms with E-state index in [1.807, 2.05) is 0 Å². The fourth-order valence-electron chi connectivity index (χ4n) is 1.41. The van der Waals surface area contributed by atoms with Crippen LogP contribution in [-0.2, 0) is 14.9 Å². The van der Waals surface area contributed by atoms with E-state index < -0.39 is 21.8 Å². The lowest BCUT2D eigenvalue weighted by molar-refractivity contribution is 0.176. The molecule has 0 bridgehead atoms. The maximum absolute atomic E-state index is 11.4. The van der Waals surface area contributed by atoms with Gasteiger partial charge in [0, 0.05) is 12.1 Å². The third-order valence-electron chi connectivity index (χ3n) is 2.46. The van der Waals surface area contributed by atoms with E-state index in [1.165, 1.54) is 0 Å². The summed E-state index contributed by atoms with van der Waals surface area (Å²) in [6.07, 6.45) is 1.28. The van der Waals surface area contributed by atoms with Crippen molar-refractivity contribution in [1.82, 2.24) is 9.44 Å². The number of carbonyl (C=O) groups is 1. The highest BCUT2D eigenvalue weighted by molar-refractivity contribution is 7.88. The fraction of sp³-hybridized carbons (Fsp3) is 0.857. The molecule has 0 aromatic carbocycles. The summed E-state index contributed by atoms with van der Waals surface area (Å²) in [5.74, 6) is 0. The Morgan fingerprint density at radius 2 is 2.13 bits per heavy atom. The normalized spacial score (nSPS) is 19.1. The van der Waals surface area contributed by atoms with Gasteiger partial charge in [0.1, 0.15) is 0 Å². The molecule has 0 aromatic rings. The molecule has 15 heavy (non-hydrogen) atoms. The standard InChI is InChI=1S/C7H15N3O4S/c1-14-6(11)9-15(12,13)10-7(5-8)3-2-4-7/h10H,2-5,8H2,1H3,(H,9,11). The first-order valence-electron chi connectivity index (χ1n) is 4.53. The van der Waals surface area contributed by atoms with E-state index >= 15 is 0 Å². The van der Waals surface area contributed by atoms with E-state index in [4.69, 9.17) is 5.73 Å². The van der Waals surface area contributed by atoms with Crippen LogP contribution in [0.25, 0.3) is 0 Å². The number of ether oxygens (including phenoxy) is 1. The summed E-state index contributed by atoms with van der Waals surface area (Å²) in [5, 5.41) is 0. The SMILES string of the molecule is COC(=O)NS(=O)(=O)NC1(CN)CCC1. The van der Waals surface area contributed by atoms with Crippen LogP contribution in [0.5, 0.6) is 0 Å². The molecule has 1 fully saturated rings. The average Bonchev–Trinajstić information content (AvgIpc) is 2.10. The predicted molar refractivity (Wildman–Crippen MR) is 53.2 cm³/mol. The van der Waals surface area contributed by atoms with Gasteiger partial charge >= 0.3 is 16.3 Å². The molecule has 0 heterocycles. The van der Waals surface area contributed by atoms with Crippen LogP contribution in [0.15, 0.2) is 0 Å². The Morgan fingerprint density at radius 3 is 2.47 bits per heavy atom. The van der Waals surface area contributed by atoms with Gasteiger partial charge in [0.15, 0.2) is 0 Å². The second-order valence-electron chi connectivity index (χ2n) is 3.54. The molecule has 1 saturated carbocycles. The van der Waals surface area contributed by atoms with Crippen molar-refractivity contribution in [2.75, 3.05) is 13.7 Å². The van der Waals surface area contributed by atoms with Crippen molar-refractivity contribution in [2.24, 2.45) is 5.73 Å². The lowest BCUT2D eigenvalue weighted by atomic mass is 9.78. The van der Waals surface area contributed by atoms with Crippen LogP contribution < -0.4 is 15.2 Å². The topological polar surface area (TPSA) is 111 Å². The van der Waals surface area contributed by atoms with Crippen LogP contribution in [0.4, 0.5) is 4.79 Å². The summed E-state index contributed by atoms with van der Waals surface area (Å²) in [5.41, 5.74) is 4.87. The van der Waals surface area contributed by atoms with E-state index in [0.29, 0.717) is 12.8 Å². The molecule has 0 spiro atoms. The van der Waals surface area contributed by atoms with Crippen molar-refractivity contribution >= 4 is 16.3 Å². The minimum Gasteiger partial charge on any atom is -0.452 e. The van der Waals surface area contributed by atoms with E-state index in [-0.39, 0.29) is 6.54 Å². The van der Waals surface area contributed by atoms with Crippen molar-refractivity contribution in [3.63, 3.8) is 0 Å². The maximum atomic E-state index is 11.4. The van der Waals surface area contributed by atoms with E-state index in [2.05, 4.69) is 9.46 Å². The first kappa shape index (κ1) is 12.2. The predicted octanol–water partition coefficient (Wildman–Crippen LogP) is -0.942. The zero-order valence-electron chi connectivity index (χ0n) is 8.45. The quantitative estimate of drug-likeness (QED) is 0.584. The highest BCUT2D eigenvalue weighted by Crippen LogP contribution is 2.31. The highest BCUT2D eigenvalue weighted by Gasteiger charge is 2.39. The lowest BCUT2D eigenvalue weighted by Gasteiger charge is -2.40. The number of hydrogen-bond donors (Lipinski definition) is 3. The molecule has 1 rings (SSSR count). The van der Waals surface area contributed by atoms with Crippen molar-refractivity contribution in [2.45, 2.75) is 24.8 Å². The Morgan fingerprint density at radius 1 is 1.53 bits per heavy atom. The van der Waals surface area contributed by atoms with Gasteiger partial charge in [0.2, 0.25) is 0 Å². The van der Waals surface area contributed by atoms with Gasteiger partial charge in [0.25, 0.3) is 0 Å². The van der Waals surface area contributed by atoms with Gasteiger partial charge in [-0.15, -0.1) is 0 Å². The smallest absolute Gasteiger partial charge is 0.421 e. The molecule has 4 N–H and O–H groups in total. The lowest BCUT2D eigenvalue weighted by Crippen LogP contribution is -2.60. The minimum atomic E-state index is -3.88. The summed E-state index contributed by atoms with van der Waals surface area (Å²) < 4.78 is 31.0. The van der Waals surface area contributed by atoms with E-state index in [9.17, 15) is 13.2 Å². The van der Waals surface area contributed by atoms with Crippen LogP contribution in [0.1, 0.15) is 19.3 Å². The molecule has 1 amide bonds. The Hall–Kier alpha value is -0.860. The van der Waals surface area contributed by atoms with Crippen LogP contribution in [0.2, 0.25) is 0 Å². The molecule has 0 unspecified atom stereocenters. The van der Waals surface area contributed by atoms with Gasteiger partial charge in [-0.2, -0.15) is 13.1 Å². The molecule has 1 aliphatic rings. The second kappa shape index (κ2) is 4.33. The number of carbonyl (C=O) groups excluding carboxylic acids is 1. The van der Waals surface area contributed by atoms with E-state index in [0.717, 1.165) is 13.5 Å². The van der Waals surface area contributed by atoms with Gasteiger partial charge in [-0.1, -0.05) is 0 Å². The summed E-state index contributed by atoms with van der Waals surface area (Å²) in [4.78, 5) is 10.7. The molecular formula is C7H15N3O4S. The van der Waals surface area contributed by atoms with E-state index in [1.54, 1.807) is 4.72 Å². The summed E-state index contributed by atoms with van der Waals surface area (Å²) >= 11 is 0. The molecule has 0 aliphatic heterocycles. The van der Waals surface area contributed by atoms with Crippen LogP contribution >= 0.6 is 0 Å². The monoisotopic (exact) mass is 237 g/mol. The first-order valence-corrected chi connectivity index (χ1v) is 6.01. The number of nitrogens with one attached hydrogen (secondary N) is 2. The number of rotatable bonds is 4. The fourth-order valence-corrected chi connectivity index (χ4v) is 2.62. The molecule has 7 nitrogen and oxygen atoms in total. The van der Waals surface area contributed by atoms with Gasteiger partial charge in [-0.05, 0) is 19.3 Å². The zero-order chi connectivity index (χ0) is 11.5. The van der Waals surface area contributed by atoms with Crippen molar-refractivity contribution < 1.29 is 17.9 Å². The summed E-state index contributed by atoms with van der Waals surface area (Å²) in [7, 11) is -2.79. The Kier molecular flexibility index (Phi) is 3.53. The maximum Gasteiger partial charge on any atom is 0.421 e. The molecule has 8 heteroatoms. The summed E-state index contributed by atoms with van der Waals surface area (Å²) in [6.45, 7) is 0.217. The second-order valence-corrected chi connectivity index (χ2v) is 4.95. The number of methoxy groups -OCH3 is 1. The Balaban J connectivity index is 2.59. The molecule has 0 atom stereocenters. The third-order valence-corrected chi connectivity index (χ3v) is 3.59. The van der Waals surface area contributed by atoms with Crippen LogP contribution in [0, 0.1) is 0 Å². The number of nitrogens with two attached hydrogens (primary N) is 1. The van der Waals surface area contributed by atoms with Gasteiger partial charge in [-0.3, -0.25) is 0 Å². The van der Waals surface area contributed by atoms with Crippen LogP contribution in [0.3, 0.4) is 0 Å². The van der Waals surface area contributed by atoms with Gasteiger partial charge < -0.3 is 10.5 Å². The third kappa shape index (κ3) is 3.05. The zero-order valence-corrected chi connectivity index (χ0v) is 9.26. The Bertz CT molecular complexity index is 331. The molecule has 0 radical (unpaired) electrons. The largest absolute Gasteiger partial charge is 0.452 e. The molecular weight excluding hydrogens is 222 g/mol. The molecule has 88 valence electrons. The van der Waals surface area contributed by atoms with Gasteiger partial charge in [0.05, 0.1) is 7.11 Å². The molecule has 0 aromatic heterocycles. The molecule has 1 aliphatic carbocycles. The first-order chi connectivity index (χ1) is 6.93. The minimum absolute atomic E-state index is 0.217. The van der Waals surface area contributed by atoms with Crippen LogP contribution in [-0.4, -0.2) is 33.7 Å². The molecule has 0 saturated heterocycles. The van der Waals surface area contributed by atoms with Crippen molar-refractivity contribution in [3.05, 3.63) is 0 Å². The number of hydrogen-bond acceptors (Lipinski definition) is 5. The number of amides is 1. The Labute approximate surface area is 88.5 Å². The van der Waals surface area contributed by atoms with Crippen molar-refractivity contribution in [1.29, 1.82) is 0 Å². The highest BCUT2D eigenvalue weighted by atomic mass is 32.2. The van der Waals surface area contributed by atoms with Gasteiger partial charge in [-0.25, -0.2) is 9.52 Å². The summed E-state index contributed by atoms with van der Waals surface area (Å²) in [6, 6.07) is 0. The van der Waals surface area contributed by atoms with Crippen molar-refractivity contribution in [3.8, 4) is 0 Å².